The molecule has 21 heavy (non-hydrogen) atoms. The summed E-state index contributed by atoms with van der Waals surface area (Å²) in [6, 6.07) is 7.24. The van der Waals surface area contributed by atoms with E-state index in [4.69, 9.17) is 10.5 Å². The van der Waals surface area contributed by atoms with E-state index in [9.17, 15) is 4.79 Å². The topological polar surface area (TPSA) is 64.3 Å². The Morgan fingerprint density at radius 2 is 2.00 bits per heavy atom. The van der Waals surface area contributed by atoms with Crippen molar-refractivity contribution in [2.45, 2.75) is 57.5 Å². The number of hydrogen-bond acceptors (Lipinski definition) is 3. The molecule has 2 rings (SSSR count). The van der Waals surface area contributed by atoms with Gasteiger partial charge in [0.1, 0.15) is 0 Å². The van der Waals surface area contributed by atoms with Gasteiger partial charge in [0.05, 0.1) is 6.10 Å². The number of carbonyl (C=O) groups excluding carboxylic acids is 1. The van der Waals surface area contributed by atoms with Crippen LogP contribution in [0, 0.1) is 0 Å². The highest BCUT2D eigenvalue weighted by Crippen LogP contribution is 2.20. The SMILES string of the molecule is Nc1cccc(NC(=O)CCCOC2CCCCCC2)c1. The number of nitrogens with one attached hydrogen (secondary N) is 1. The molecule has 4 heteroatoms. The van der Waals surface area contributed by atoms with Crippen molar-refractivity contribution >= 4 is 17.3 Å². The van der Waals surface area contributed by atoms with Gasteiger partial charge in [-0.05, 0) is 37.5 Å². The van der Waals surface area contributed by atoms with E-state index in [1.165, 1.54) is 38.5 Å². The number of hydrogen-bond donors (Lipinski definition) is 2. The lowest BCUT2D eigenvalue weighted by atomic mass is 10.1. The maximum Gasteiger partial charge on any atom is 0.224 e. The molecular formula is C17H26N2O2. The van der Waals surface area contributed by atoms with E-state index in [0.717, 1.165) is 12.1 Å². The lowest BCUT2D eigenvalue weighted by Gasteiger charge is -2.15. The minimum atomic E-state index is 0.0186. The summed E-state index contributed by atoms with van der Waals surface area (Å²) in [5.41, 5.74) is 7.09. The molecule has 1 fully saturated rings. The van der Waals surface area contributed by atoms with Gasteiger partial charge in [0.2, 0.25) is 5.91 Å². The summed E-state index contributed by atoms with van der Waals surface area (Å²) < 4.78 is 5.88. The average molecular weight is 290 g/mol. The minimum absolute atomic E-state index is 0.0186. The van der Waals surface area contributed by atoms with Crippen molar-refractivity contribution in [1.29, 1.82) is 0 Å². The molecule has 1 aliphatic rings. The van der Waals surface area contributed by atoms with Crippen LogP contribution in [0.5, 0.6) is 0 Å². The molecule has 3 N–H and O–H groups in total. The molecule has 0 heterocycles. The van der Waals surface area contributed by atoms with Gasteiger partial charge in [-0.2, -0.15) is 0 Å². The predicted molar refractivity (Wildman–Crippen MR) is 86.2 cm³/mol. The third-order valence-electron chi connectivity index (χ3n) is 3.87. The van der Waals surface area contributed by atoms with Crippen LogP contribution in [0.15, 0.2) is 24.3 Å². The molecule has 0 aliphatic heterocycles. The predicted octanol–water partition coefficient (Wildman–Crippen LogP) is 3.73. The zero-order valence-electron chi connectivity index (χ0n) is 12.6. The molecule has 4 nitrogen and oxygen atoms in total. The summed E-state index contributed by atoms with van der Waals surface area (Å²) in [5, 5.41) is 2.86. The molecule has 0 saturated heterocycles. The fraction of sp³-hybridized carbons (Fsp3) is 0.588. The van der Waals surface area contributed by atoms with Crippen LogP contribution in [0.3, 0.4) is 0 Å². The van der Waals surface area contributed by atoms with Crippen LogP contribution in [0.1, 0.15) is 51.4 Å². The largest absolute Gasteiger partial charge is 0.399 e. The Morgan fingerprint density at radius 1 is 1.24 bits per heavy atom. The zero-order chi connectivity index (χ0) is 14.9. The first-order valence-corrected chi connectivity index (χ1v) is 8.01. The number of amides is 1. The second kappa shape index (κ2) is 8.67. The van der Waals surface area contributed by atoms with Gasteiger partial charge >= 0.3 is 0 Å². The second-order valence-corrected chi connectivity index (χ2v) is 5.76. The fourth-order valence-corrected chi connectivity index (χ4v) is 2.73. The first kappa shape index (κ1) is 15.8. The summed E-state index contributed by atoms with van der Waals surface area (Å²) in [7, 11) is 0. The highest BCUT2D eigenvalue weighted by atomic mass is 16.5. The van der Waals surface area contributed by atoms with Crippen LogP contribution >= 0.6 is 0 Å². The summed E-state index contributed by atoms with van der Waals surface area (Å²) in [4.78, 5) is 11.8. The summed E-state index contributed by atoms with van der Waals surface area (Å²) in [5.74, 6) is 0.0186. The molecule has 1 saturated carbocycles. The molecule has 0 spiro atoms. The molecule has 0 atom stereocenters. The van der Waals surface area contributed by atoms with Gasteiger partial charge in [0, 0.05) is 24.4 Å². The number of ether oxygens (including phenoxy) is 1. The Balaban J connectivity index is 1.60. The Hall–Kier alpha value is -1.55. The lowest BCUT2D eigenvalue weighted by Crippen LogP contribution is -2.15. The normalized spacial score (nSPS) is 16.4. The number of rotatable bonds is 6. The fourth-order valence-electron chi connectivity index (χ4n) is 2.73. The van der Waals surface area contributed by atoms with Gasteiger partial charge in [-0.3, -0.25) is 4.79 Å². The van der Waals surface area contributed by atoms with Crippen LogP contribution < -0.4 is 11.1 Å². The van der Waals surface area contributed by atoms with Gasteiger partial charge in [0.15, 0.2) is 0 Å². The monoisotopic (exact) mass is 290 g/mol. The quantitative estimate of drug-likeness (QED) is 0.476. The molecule has 0 radical (unpaired) electrons. The Labute approximate surface area is 127 Å². The smallest absolute Gasteiger partial charge is 0.224 e. The van der Waals surface area contributed by atoms with Crippen LogP contribution in [-0.2, 0) is 9.53 Å². The summed E-state index contributed by atoms with van der Waals surface area (Å²) >= 11 is 0. The standard InChI is InChI=1S/C17H26N2O2/c18-14-7-5-8-15(13-14)19-17(20)11-6-12-21-16-9-3-1-2-4-10-16/h5,7-8,13,16H,1-4,6,9-12,18H2,(H,19,20). The molecule has 1 aromatic carbocycles. The van der Waals surface area contributed by atoms with Gasteiger partial charge in [-0.1, -0.05) is 31.7 Å². The molecule has 1 aliphatic carbocycles. The molecule has 0 aromatic heterocycles. The van der Waals surface area contributed by atoms with Crippen LogP contribution in [0.25, 0.3) is 0 Å². The average Bonchev–Trinajstić information content (AvgIpc) is 2.72. The zero-order valence-corrected chi connectivity index (χ0v) is 12.6. The molecule has 0 unspecified atom stereocenters. The van der Waals surface area contributed by atoms with E-state index in [0.29, 0.717) is 24.8 Å². The van der Waals surface area contributed by atoms with Crippen molar-refractivity contribution in [3.63, 3.8) is 0 Å². The van der Waals surface area contributed by atoms with Crippen molar-refractivity contribution in [3.05, 3.63) is 24.3 Å². The maximum atomic E-state index is 11.8. The van der Waals surface area contributed by atoms with Crippen LogP contribution in [0.4, 0.5) is 11.4 Å². The number of benzene rings is 1. The van der Waals surface area contributed by atoms with Crippen molar-refractivity contribution in [2.75, 3.05) is 17.7 Å². The molecule has 116 valence electrons. The molecule has 1 amide bonds. The number of nitrogens with two attached hydrogens (primary N) is 1. The van der Waals surface area contributed by atoms with Crippen molar-refractivity contribution < 1.29 is 9.53 Å². The Bertz CT molecular complexity index is 440. The number of nitrogen functional groups attached to an aromatic ring is 1. The third kappa shape index (κ3) is 6.17. The second-order valence-electron chi connectivity index (χ2n) is 5.76. The van der Waals surface area contributed by atoms with Gasteiger partial charge in [-0.25, -0.2) is 0 Å². The summed E-state index contributed by atoms with van der Waals surface area (Å²) in [6.45, 7) is 0.676. The van der Waals surface area contributed by atoms with Crippen molar-refractivity contribution in [3.8, 4) is 0 Å². The molecule has 1 aromatic rings. The van der Waals surface area contributed by atoms with E-state index in [-0.39, 0.29) is 5.91 Å². The van der Waals surface area contributed by atoms with Gasteiger partial charge < -0.3 is 15.8 Å². The Morgan fingerprint density at radius 3 is 2.71 bits per heavy atom. The highest BCUT2D eigenvalue weighted by molar-refractivity contribution is 5.91. The first-order chi connectivity index (χ1) is 10.2. The lowest BCUT2D eigenvalue weighted by molar-refractivity contribution is -0.116. The van der Waals surface area contributed by atoms with E-state index in [1.54, 1.807) is 12.1 Å². The van der Waals surface area contributed by atoms with E-state index < -0.39 is 0 Å². The highest BCUT2D eigenvalue weighted by Gasteiger charge is 2.12. The maximum absolute atomic E-state index is 11.8. The van der Waals surface area contributed by atoms with Gasteiger partial charge in [0.25, 0.3) is 0 Å². The third-order valence-corrected chi connectivity index (χ3v) is 3.87. The van der Waals surface area contributed by atoms with Crippen molar-refractivity contribution in [2.24, 2.45) is 0 Å². The van der Waals surface area contributed by atoms with E-state index >= 15 is 0 Å². The Kier molecular flexibility index (Phi) is 6.54. The first-order valence-electron chi connectivity index (χ1n) is 8.01. The van der Waals surface area contributed by atoms with Crippen molar-refractivity contribution in [1.82, 2.24) is 0 Å². The van der Waals surface area contributed by atoms with Crippen LogP contribution in [-0.4, -0.2) is 18.6 Å². The van der Waals surface area contributed by atoms with Gasteiger partial charge in [-0.15, -0.1) is 0 Å². The summed E-state index contributed by atoms with van der Waals surface area (Å²) in [6.07, 6.45) is 9.24. The van der Waals surface area contributed by atoms with E-state index in [2.05, 4.69) is 5.32 Å². The molecular weight excluding hydrogens is 264 g/mol. The number of carbonyl (C=O) groups is 1. The molecule has 0 bridgehead atoms. The van der Waals surface area contributed by atoms with Crippen LogP contribution in [0.2, 0.25) is 0 Å². The number of anilines is 2. The van der Waals surface area contributed by atoms with E-state index in [1.807, 2.05) is 12.1 Å². The minimum Gasteiger partial charge on any atom is -0.399 e.